The number of methoxy groups -OCH3 is 1. The van der Waals surface area contributed by atoms with E-state index in [2.05, 4.69) is 6.92 Å². The Morgan fingerprint density at radius 2 is 1.61 bits per heavy atom. The summed E-state index contributed by atoms with van der Waals surface area (Å²) in [4.78, 5) is 27.1. The molecular weight excluding hydrogens is 354 g/mol. The highest BCUT2D eigenvalue weighted by molar-refractivity contribution is 5.78. The van der Waals surface area contributed by atoms with E-state index in [0.29, 0.717) is 19.6 Å². The first kappa shape index (κ1) is 19.7. The van der Waals surface area contributed by atoms with Gasteiger partial charge in [-0.3, -0.25) is 13.9 Å². The average Bonchev–Trinajstić information content (AvgIpc) is 2.98. The molecule has 0 aliphatic heterocycles. The number of aryl methyl sites for hydroxylation is 2. The predicted molar refractivity (Wildman–Crippen MR) is 111 cm³/mol. The first-order valence-corrected chi connectivity index (χ1v) is 9.60. The van der Waals surface area contributed by atoms with Crippen molar-refractivity contribution in [3.05, 3.63) is 64.6 Å². The molecule has 1 amide bonds. The van der Waals surface area contributed by atoms with E-state index in [9.17, 15) is 9.59 Å². The molecule has 0 N–H and O–H groups in total. The highest BCUT2D eigenvalue weighted by atomic mass is 16.5. The van der Waals surface area contributed by atoms with E-state index in [1.165, 1.54) is 0 Å². The van der Waals surface area contributed by atoms with E-state index >= 15 is 0 Å². The van der Waals surface area contributed by atoms with Crippen LogP contribution in [0.3, 0.4) is 0 Å². The lowest BCUT2D eigenvalue weighted by Crippen LogP contribution is -2.30. The van der Waals surface area contributed by atoms with Crippen LogP contribution in [0, 0.1) is 0 Å². The fraction of sp³-hybridized carbons (Fsp3) is 0.364. The molecule has 3 rings (SSSR count). The summed E-state index contributed by atoms with van der Waals surface area (Å²) in [6, 6.07) is 15.4. The molecule has 28 heavy (non-hydrogen) atoms. The van der Waals surface area contributed by atoms with Gasteiger partial charge in [0.25, 0.3) is 0 Å². The minimum absolute atomic E-state index is 0.00930. The van der Waals surface area contributed by atoms with Crippen LogP contribution >= 0.6 is 0 Å². The van der Waals surface area contributed by atoms with Crippen LogP contribution in [0.5, 0.6) is 5.75 Å². The number of para-hydroxylation sites is 2. The van der Waals surface area contributed by atoms with E-state index in [1.807, 2.05) is 48.5 Å². The van der Waals surface area contributed by atoms with Crippen LogP contribution in [0.25, 0.3) is 11.0 Å². The second-order valence-electron chi connectivity index (χ2n) is 6.92. The molecule has 1 heterocycles. The largest absolute Gasteiger partial charge is 0.497 e. The van der Waals surface area contributed by atoms with Gasteiger partial charge in [0, 0.05) is 33.1 Å². The summed E-state index contributed by atoms with van der Waals surface area (Å²) >= 11 is 0. The number of hydrogen-bond donors (Lipinski definition) is 0. The second-order valence-corrected chi connectivity index (χ2v) is 6.92. The highest BCUT2D eigenvalue weighted by Crippen LogP contribution is 2.15. The number of fused-ring (bicyclic) bond motifs is 1. The number of hydrogen-bond acceptors (Lipinski definition) is 3. The second kappa shape index (κ2) is 8.78. The Kier molecular flexibility index (Phi) is 6.19. The third-order valence-corrected chi connectivity index (χ3v) is 4.93. The molecule has 3 aromatic rings. The molecule has 0 aliphatic carbocycles. The van der Waals surface area contributed by atoms with Crippen molar-refractivity contribution in [2.75, 3.05) is 14.2 Å². The van der Waals surface area contributed by atoms with Gasteiger partial charge in [0.05, 0.1) is 18.1 Å². The first-order chi connectivity index (χ1) is 13.5. The summed E-state index contributed by atoms with van der Waals surface area (Å²) in [6.45, 7) is 3.63. The zero-order chi connectivity index (χ0) is 20.1. The third kappa shape index (κ3) is 4.11. The summed E-state index contributed by atoms with van der Waals surface area (Å²) in [5, 5.41) is 0. The number of carbonyl (C=O) groups excluding carboxylic acids is 1. The van der Waals surface area contributed by atoms with Crippen LogP contribution in [0.2, 0.25) is 0 Å². The van der Waals surface area contributed by atoms with Gasteiger partial charge in [-0.2, -0.15) is 0 Å². The molecule has 6 heteroatoms. The van der Waals surface area contributed by atoms with Gasteiger partial charge in [-0.15, -0.1) is 0 Å². The van der Waals surface area contributed by atoms with E-state index in [1.54, 1.807) is 28.2 Å². The molecule has 6 nitrogen and oxygen atoms in total. The number of rotatable bonds is 8. The van der Waals surface area contributed by atoms with Gasteiger partial charge in [0.1, 0.15) is 5.75 Å². The fourth-order valence-electron chi connectivity index (χ4n) is 3.42. The van der Waals surface area contributed by atoms with Gasteiger partial charge >= 0.3 is 5.69 Å². The molecule has 0 radical (unpaired) electrons. The molecule has 0 saturated carbocycles. The summed E-state index contributed by atoms with van der Waals surface area (Å²) < 4.78 is 8.66. The van der Waals surface area contributed by atoms with Gasteiger partial charge in [0.15, 0.2) is 0 Å². The van der Waals surface area contributed by atoms with Crippen LogP contribution in [0.4, 0.5) is 0 Å². The van der Waals surface area contributed by atoms with Crippen LogP contribution < -0.4 is 10.4 Å². The predicted octanol–water partition coefficient (Wildman–Crippen LogP) is 3.27. The maximum absolute atomic E-state index is 12.8. The monoisotopic (exact) mass is 381 g/mol. The topological polar surface area (TPSA) is 56.5 Å². The van der Waals surface area contributed by atoms with E-state index in [0.717, 1.165) is 28.8 Å². The SMILES string of the molecule is CCCn1c(=O)n(CCC(=O)N(C)Cc2ccc(OC)cc2)c2ccccc21. The number of ether oxygens (including phenoxy) is 1. The number of aromatic nitrogens is 2. The standard InChI is InChI=1S/C22H27N3O3/c1-4-14-24-19-7-5-6-8-20(19)25(22(24)27)15-13-21(26)23(2)16-17-9-11-18(28-3)12-10-17/h5-12H,4,13-16H2,1-3H3. The Labute approximate surface area is 164 Å². The van der Waals surface area contributed by atoms with Gasteiger partial charge in [-0.1, -0.05) is 31.2 Å². The highest BCUT2D eigenvalue weighted by Gasteiger charge is 2.15. The van der Waals surface area contributed by atoms with Crippen molar-refractivity contribution in [3.63, 3.8) is 0 Å². The van der Waals surface area contributed by atoms with Gasteiger partial charge in [-0.05, 0) is 36.2 Å². The summed E-state index contributed by atoms with van der Waals surface area (Å²) in [6.07, 6.45) is 1.17. The molecule has 0 bridgehead atoms. The van der Waals surface area contributed by atoms with Gasteiger partial charge in [-0.25, -0.2) is 4.79 Å². The number of benzene rings is 2. The summed E-state index contributed by atoms with van der Waals surface area (Å²) in [5.41, 5.74) is 2.79. The third-order valence-electron chi connectivity index (χ3n) is 4.93. The molecule has 0 aliphatic rings. The number of nitrogens with zero attached hydrogens (tertiary/aromatic N) is 3. The maximum Gasteiger partial charge on any atom is 0.329 e. The smallest absolute Gasteiger partial charge is 0.329 e. The molecular formula is C22H27N3O3. The molecule has 0 fully saturated rings. The average molecular weight is 381 g/mol. The number of carbonyl (C=O) groups is 1. The summed E-state index contributed by atoms with van der Waals surface area (Å²) in [5.74, 6) is 0.801. The Bertz CT molecular complexity index is 1000. The Hall–Kier alpha value is -3.02. The lowest BCUT2D eigenvalue weighted by molar-refractivity contribution is -0.130. The molecule has 0 unspecified atom stereocenters. The molecule has 0 saturated heterocycles. The maximum atomic E-state index is 12.8. The number of imidazole rings is 1. The van der Waals surface area contributed by atoms with Crippen LogP contribution in [-0.2, 0) is 24.4 Å². The normalized spacial score (nSPS) is 11.0. The molecule has 148 valence electrons. The van der Waals surface area contributed by atoms with Gasteiger partial charge in [0.2, 0.25) is 5.91 Å². The van der Waals surface area contributed by atoms with Gasteiger partial charge < -0.3 is 9.64 Å². The summed E-state index contributed by atoms with van der Waals surface area (Å²) in [7, 11) is 3.42. The van der Waals surface area contributed by atoms with Crippen molar-refractivity contribution >= 4 is 16.9 Å². The quantitative estimate of drug-likeness (QED) is 0.602. The zero-order valence-electron chi connectivity index (χ0n) is 16.7. The Morgan fingerprint density at radius 1 is 1.00 bits per heavy atom. The lowest BCUT2D eigenvalue weighted by atomic mass is 10.2. The van der Waals surface area contributed by atoms with Crippen LogP contribution in [0.15, 0.2) is 53.3 Å². The van der Waals surface area contributed by atoms with Crippen molar-refractivity contribution in [2.45, 2.75) is 39.4 Å². The minimum Gasteiger partial charge on any atom is -0.497 e. The van der Waals surface area contributed by atoms with Crippen molar-refractivity contribution in [1.29, 1.82) is 0 Å². The van der Waals surface area contributed by atoms with Crippen LogP contribution in [-0.4, -0.2) is 34.1 Å². The lowest BCUT2D eigenvalue weighted by Gasteiger charge is -2.17. The molecule has 1 aromatic heterocycles. The van der Waals surface area contributed by atoms with Crippen LogP contribution in [0.1, 0.15) is 25.3 Å². The Balaban J connectivity index is 1.70. The van der Waals surface area contributed by atoms with Crippen molar-refractivity contribution in [1.82, 2.24) is 14.0 Å². The number of amides is 1. The fourth-order valence-corrected chi connectivity index (χ4v) is 3.42. The molecule has 0 spiro atoms. The first-order valence-electron chi connectivity index (χ1n) is 9.60. The van der Waals surface area contributed by atoms with Crippen molar-refractivity contribution in [3.8, 4) is 5.75 Å². The van der Waals surface area contributed by atoms with Crippen molar-refractivity contribution in [2.24, 2.45) is 0 Å². The van der Waals surface area contributed by atoms with Crippen molar-refractivity contribution < 1.29 is 9.53 Å². The zero-order valence-corrected chi connectivity index (χ0v) is 16.7. The molecule has 2 aromatic carbocycles. The van der Waals surface area contributed by atoms with E-state index in [-0.39, 0.29) is 18.0 Å². The minimum atomic E-state index is -0.0475. The molecule has 0 atom stereocenters. The van der Waals surface area contributed by atoms with E-state index in [4.69, 9.17) is 4.74 Å². The van der Waals surface area contributed by atoms with E-state index < -0.39 is 0 Å². The Morgan fingerprint density at radius 3 is 2.18 bits per heavy atom.